The molecule has 0 aliphatic carbocycles. The molecule has 1 aliphatic heterocycles. The van der Waals surface area contributed by atoms with Gasteiger partial charge in [0.05, 0.1) is 48.8 Å². The van der Waals surface area contributed by atoms with Crippen LogP contribution in [0.3, 0.4) is 0 Å². The summed E-state index contributed by atoms with van der Waals surface area (Å²) in [6.45, 7) is 3.28. The fraction of sp³-hybridized carbons (Fsp3) is 0.500. The van der Waals surface area contributed by atoms with E-state index in [-0.39, 0.29) is 14.9 Å². The van der Waals surface area contributed by atoms with E-state index in [0.717, 1.165) is 26.1 Å². The van der Waals surface area contributed by atoms with Gasteiger partial charge in [0.25, 0.3) is 0 Å². The lowest BCUT2D eigenvalue weighted by atomic mass is 10.3. The molecule has 0 spiro atoms. The van der Waals surface area contributed by atoms with Crippen LogP contribution in [-0.4, -0.2) is 45.4 Å². The number of rotatable bonds is 5. The van der Waals surface area contributed by atoms with Gasteiger partial charge in [-0.2, -0.15) is 9.57 Å². The number of sulfonamides is 1. The van der Waals surface area contributed by atoms with E-state index in [0.29, 0.717) is 19.5 Å². The van der Waals surface area contributed by atoms with Crippen molar-refractivity contribution >= 4 is 33.2 Å². The number of piperazine rings is 1. The van der Waals surface area contributed by atoms with Crippen molar-refractivity contribution in [1.82, 2.24) is 4.31 Å². The topological polar surface area (TPSA) is 65.6 Å². The maximum absolute atomic E-state index is 12.7. The zero-order valence-electron chi connectivity index (χ0n) is 12.1. The van der Waals surface area contributed by atoms with Crippen molar-refractivity contribution in [1.29, 1.82) is 5.26 Å². The number of unbranched alkanes of at least 4 members (excludes halogenated alkanes) is 1. The predicted molar refractivity (Wildman–Crippen MR) is 85.6 cm³/mol. The smallest absolute Gasteiger partial charge is 0.245 e. The molecule has 2 rings (SSSR count). The molecule has 8 heteroatoms. The van der Waals surface area contributed by atoms with Gasteiger partial charge in [-0.25, -0.2) is 8.42 Å². The number of hydrogen-bond donors (Lipinski definition) is 1. The van der Waals surface area contributed by atoms with Crippen LogP contribution >= 0.6 is 23.2 Å². The number of nitriles is 1. The Hall–Kier alpha value is -0.840. The third-order valence-corrected chi connectivity index (χ3v) is 6.65. The summed E-state index contributed by atoms with van der Waals surface area (Å²) in [5.74, 6) is 0. The van der Waals surface area contributed by atoms with Gasteiger partial charge in [-0.05, 0) is 12.1 Å². The molecule has 0 amide bonds. The van der Waals surface area contributed by atoms with Gasteiger partial charge in [-0.1, -0.05) is 29.3 Å². The Morgan fingerprint density at radius 3 is 2.59 bits per heavy atom. The van der Waals surface area contributed by atoms with Crippen molar-refractivity contribution in [3.63, 3.8) is 0 Å². The molecule has 1 aliphatic rings. The van der Waals surface area contributed by atoms with Gasteiger partial charge in [-0.15, -0.1) is 0 Å². The second kappa shape index (κ2) is 7.62. The summed E-state index contributed by atoms with van der Waals surface area (Å²) in [6, 6.07) is 6.77. The van der Waals surface area contributed by atoms with Gasteiger partial charge < -0.3 is 4.90 Å². The van der Waals surface area contributed by atoms with Crippen LogP contribution in [0.25, 0.3) is 0 Å². The van der Waals surface area contributed by atoms with Crippen LogP contribution in [0, 0.1) is 11.3 Å². The molecule has 1 heterocycles. The van der Waals surface area contributed by atoms with Crippen molar-refractivity contribution < 1.29 is 13.3 Å². The SMILES string of the molecule is N#CCCC[NH+]1CCN(S(=O)(=O)c2cccc(Cl)c2Cl)CC1. The lowest BCUT2D eigenvalue weighted by Gasteiger charge is -2.31. The summed E-state index contributed by atoms with van der Waals surface area (Å²) >= 11 is 11.9. The van der Waals surface area contributed by atoms with Crippen LogP contribution in [0.15, 0.2) is 23.1 Å². The third-order valence-electron chi connectivity index (χ3n) is 3.78. The summed E-state index contributed by atoms with van der Waals surface area (Å²) in [6.07, 6.45) is 1.39. The minimum atomic E-state index is -3.61. The molecule has 0 unspecified atom stereocenters. The number of hydrogen-bond acceptors (Lipinski definition) is 3. The molecular weight excluding hydrogens is 345 g/mol. The molecule has 0 radical (unpaired) electrons. The lowest BCUT2D eigenvalue weighted by Crippen LogP contribution is -3.14. The average Bonchev–Trinajstić information content (AvgIpc) is 2.50. The Balaban J connectivity index is 2.04. The van der Waals surface area contributed by atoms with Gasteiger partial charge in [0.1, 0.15) is 4.90 Å². The summed E-state index contributed by atoms with van der Waals surface area (Å²) in [5, 5.41) is 8.86. The molecule has 1 saturated heterocycles. The van der Waals surface area contributed by atoms with E-state index in [1.54, 1.807) is 12.1 Å². The van der Waals surface area contributed by atoms with Crippen LogP contribution in [0.4, 0.5) is 0 Å². The Bertz CT molecular complexity index is 665. The van der Waals surface area contributed by atoms with E-state index < -0.39 is 10.0 Å². The highest BCUT2D eigenvalue weighted by atomic mass is 35.5. The molecule has 22 heavy (non-hydrogen) atoms. The van der Waals surface area contributed by atoms with Crippen molar-refractivity contribution in [3.05, 3.63) is 28.2 Å². The zero-order valence-corrected chi connectivity index (χ0v) is 14.4. The molecule has 1 aromatic carbocycles. The number of quaternary nitrogens is 1. The largest absolute Gasteiger partial charge is 0.333 e. The third kappa shape index (κ3) is 3.92. The van der Waals surface area contributed by atoms with Crippen molar-refractivity contribution in [2.75, 3.05) is 32.7 Å². The van der Waals surface area contributed by atoms with Gasteiger partial charge >= 0.3 is 0 Å². The summed E-state index contributed by atoms with van der Waals surface area (Å²) < 4.78 is 26.8. The van der Waals surface area contributed by atoms with E-state index in [1.807, 2.05) is 0 Å². The van der Waals surface area contributed by atoms with Crippen LogP contribution in [0.2, 0.25) is 10.0 Å². The molecule has 5 nitrogen and oxygen atoms in total. The first-order valence-corrected chi connectivity index (χ1v) is 9.31. The highest BCUT2D eigenvalue weighted by Gasteiger charge is 2.31. The number of benzene rings is 1. The van der Waals surface area contributed by atoms with E-state index in [9.17, 15) is 8.42 Å². The fourth-order valence-corrected chi connectivity index (χ4v) is 4.71. The maximum Gasteiger partial charge on any atom is 0.245 e. The molecule has 0 bridgehead atoms. The van der Waals surface area contributed by atoms with Crippen LogP contribution in [-0.2, 0) is 10.0 Å². The van der Waals surface area contributed by atoms with E-state index in [4.69, 9.17) is 28.5 Å². The van der Waals surface area contributed by atoms with Crippen LogP contribution in [0.1, 0.15) is 12.8 Å². The Labute approximate surface area is 141 Å². The molecule has 0 aromatic heterocycles. The number of halogens is 2. The Morgan fingerprint density at radius 1 is 1.27 bits per heavy atom. The van der Waals surface area contributed by atoms with Crippen LogP contribution in [0.5, 0.6) is 0 Å². The number of nitrogens with zero attached hydrogens (tertiary/aromatic N) is 2. The molecule has 1 fully saturated rings. The van der Waals surface area contributed by atoms with Gasteiger partial charge in [-0.3, -0.25) is 0 Å². The Morgan fingerprint density at radius 2 is 1.95 bits per heavy atom. The lowest BCUT2D eigenvalue weighted by molar-refractivity contribution is -0.903. The van der Waals surface area contributed by atoms with E-state index >= 15 is 0 Å². The molecule has 1 aromatic rings. The minimum absolute atomic E-state index is 0.0644. The van der Waals surface area contributed by atoms with E-state index in [1.165, 1.54) is 15.3 Å². The van der Waals surface area contributed by atoms with Gasteiger partial charge in [0, 0.05) is 12.8 Å². The van der Waals surface area contributed by atoms with Gasteiger partial charge in [0.15, 0.2) is 0 Å². The molecule has 0 atom stereocenters. The van der Waals surface area contributed by atoms with Crippen molar-refractivity contribution in [3.8, 4) is 6.07 Å². The standard InChI is InChI=1S/C14H17Cl2N3O2S/c15-12-4-3-5-13(14(12)16)22(20,21)19-10-8-18(9-11-19)7-2-1-6-17/h3-5H,1-2,7-11H2/p+1. The fourth-order valence-electron chi connectivity index (χ4n) is 2.53. The highest BCUT2D eigenvalue weighted by molar-refractivity contribution is 7.89. The monoisotopic (exact) mass is 362 g/mol. The second-order valence-corrected chi connectivity index (χ2v) is 7.91. The van der Waals surface area contributed by atoms with Crippen molar-refractivity contribution in [2.24, 2.45) is 0 Å². The highest BCUT2D eigenvalue weighted by Crippen LogP contribution is 2.30. The second-order valence-electron chi connectivity index (χ2n) is 5.22. The quantitative estimate of drug-likeness (QED) is 0.800. The zero-order chi connectivity index (χ0) is 16.2. The van der Waals surface area contributed by atoms with Gasteiger partial charge in [0.2, 0.25) is 10.0 Å². The number of nitrogens with one attached hydrogen (secondary N) is 1. The molecular formula is C14H18Cl2N3O2S+. The summed E-state index contributed by atoms with van der Waals surface area (Å²) in [5.41, 5.74) is 0. The molecule has 1 N–H and O–H groups in total. The predicted octanol–water partition coefficient (Wildman–Crippen LogP) is 1.19. The Kier molecular flexibility index (Phi) is 6.07. The van der Waals surface area contributed by atoms with Crippen molar-refractivity contribution in [2.45, 2.75) is 17.7 Å². The normalized spacial score (nSPS) is 17.3. The maximum atomic E-state index is 12.7. The summed E-state index contributed by atoms with van der Waals surface area (Å²) in [4.78, 5) is 1.40. The summed E-state index contributed by atoms with van der Waals surface area (Å²) in [7, 11) is -3.61. The molecule has 120 valence electrons. The first-order chi connectivity index (χ1) is 10.5. The molecule has 0 saturated carbocycles. The first-order valence-electron chi connectivity index (χ1n) is 7.11. The minimum Gasteiger partial charge on any atom is -0.333 e. The first kappa shape index (κ1) is 17.5. The average molecular weight is 363 g/mol. The van der Waals surface area contributed by atoms with Crippen LogP contribution < -0.4 is 4.90 Å². The van der Waals surface area contributed by atoms with E-state index in [2.05, 4.69) is 6.07 Å².